The molecule has 2 aromatic rings. The van der Waals surface area contributed by atoms with Gasteiger partial charge in [-0.3, -0.25) is 9.69 Å². The quantitative estimate of drug-likeness (QED) is 0.820. The Morgan fingerprint density at radius 1 is 1.22 bits per heavy atom. The van der Waals surface area contributed by atoms with Crippen molar-refractivity contribution in [2.24, 2.45) is 0 Å². The number of amides is 1. The summed E-state index contributed by atoms with van der Waals surface area (Å²) in [6, 6.07) is 7.19. The van der Waals surface area contributed by atoms with Gasteiger partial charge in [0.2, 0.25) is 5.91 Å². The van der Waals surface area contributed by atoms with E-state index >= 15 is 0 Å². The highest BCUT2D eigenvalue weighted by Gasteiger charge is 2.31. The molecule has 1 heterocycles. The van der Waals surface area contributed by atoms with Crippen LogP contribution in [0, 0.1) is 0 Å². The maximum absolute atomic E-state index is 12.2. The number of phenols is 1. The lowest BCUT2D eigenvalue weighted by Gasteiger charge is -2.31. The average Bonchev–Trinajstić information content (AvgIpc) is 2.55. The van der Waals surface area contributed by atoms with Crippen LogP contribution in [-0.4, -0.2) is 25.2 Å². The van der Waals surface area contributed by atoms with E-state index in [0.717, 1.165) is 15.5 Å². The van der Waals surface area contributed by atoms with E-state index in [-0.39, 0.29) is 11.7 Å². The Morgan fingerprint density at radius 3 is 2.57 bits per heavy atom. The van der Waals surface area contributed by atoms with Crippen molar-refractivity contribution in [3.8, 4) is 17.2 Å². The van der Waals surface area contributed by atoms with Crippen molar-refractivity contribution in [1.29, 1.82) is 0 Å². The minimum absolute atomic E-state index is 0.00796. The first-order chi connectivity index (χ1) is 11.0. The Labute approximate surface area is 146 Å². The Morgan fingerprint density at radius 2 is 1.96 bits per heavy atom. The highest BCUT2D eigenvalue weighted by molar-refractivity contribution is 9.10. The van der Waals surface area contributed by atoms with Crippen LogP contribution in [0.3, 0.4) is 0 Å². The lowest BCUT2D eigenvalue weighted by atomic mass is 10.2. The molecule has 0 aromatic heterocycles. The summed E-state index contributed by atoms with van der Waals surface area (Å²) in [6.07, 6.45) is 0. The minimum atomic E-state index is -0.127. The van der Waals surface area contributed by atoms with Crippen molar-refractivity contribution in [2.75, 3.05) is 19.1 Å². The summed E-state index contributed by atoms with van der Waals surface area (Å²) in [7, 11) is 3.07. The smallest absolute Gasteiger partial charge is 0.228 e. The fourth-order valence-electron chi connectivity index (χ4n) is 2.47. The van der Waals surface area contributed by atoms with Gasteiger partial charge in [-0.05, 0) is 34.1 Å². The van der Waals surface area contributed by atoms with Gasteiger partial charge in [-0.25, -0.2) is 0 Å². The molecular weight excluding hydrogens is 382 g/mol. The van der Waals surface area contributed by atoms with Crippen LogP contribution in [0.5, 0.6) is 17.2 Å². The van der Waals surface area contributed by atoms with E-state index in [2.05, 4.69) is 15.9 Å². The molecule has 0 bridgehead atoms. The summed E-state index contributed by atoms with van der Waals surface area (Å²) in [5.41, 5.74) is 1.44. The summed E-state index contributed by atoms with van der Waals surface area (Å²) in [5.74, 6) is 0.891. The van der Waals surface area contributed by atoms with Crippen molar-refractivity contribution in [3.63, 3.8) is 0 Å². The molecule has 1 aliphatic rings. The second-order valence-electron chi connectivity index (χ2n) is 4.88. The number of carbonyl (C=O) groups excluding carboxylic acids is 1. The zero-order valence-corrected chi connectivity index (χ0v) is 15.1. The van der Waals surface area contributed by atoms with Crippen molar-refractivity contribution in [3.05, 3.63) is 28.7 Å². The molecule has 0 spiro atoms. The van der Waals surface area contributed by atoms with Crippen LogP contribution < -0.4 is 14.4 Å². The second kappa shape index (κ2) is 5.98. The molecule has 0 aliphatic carbocycles. The zero-order valence-electron chi connectivity index (χ0n) is 12.7. The summed E-state index contributed by atoms with van der Waals surface area (Å²) in [6.45, 7) is 1.50. The highest BCUT2D eigenvalue weighted by atomic mass is 79.9. The van der Waals surface area contributed by atoms with E-state index in [0.29, 0.717) is 21.7 Å². The molecule has 23 heavy (non-hydrogen) atoms. The molecule has 0 unspecified atom stereocenters. The lowest BCUT2D eigenvalue weighted by molar-refractivity contribution is -0.115. The molecule has 0 saturated heterocycles. The number of carbonyl (C=O) groups is 1. The van der Waals surface area contributed by atoms with E-state index in [1.807, 2.05) is 18.2 Å². The zero-order chi connectivity index (χ0) is 16.7. The van der Waals surface area contributed by atoms with Gasteiger partial charge in [0.05, 0.1) is 35.0 Å². The Hall–Kier alpha value is -1.86. The van der Waals surface area contributed by atoms with Gasteiger partial charge in [0.25, 0.3) is 0 Å². The Bertz CT molecular complexity index is 809. The third kappa shape index (κ3) is 2.53. The second-order valence-corrected chi connectivity index (χ2v) is 6.73. The standard InChI is InChI=1S/C16H14BrNO4S/c1-8(19)18-10-5-4-9(21-2)6-13(10)23-16-11(18)7-12(22-3)15(20)14(16)17/h4-7,20H,1-3H3. The van der Waals surface area contributed by atoms with Crippen LogP contribution in [0.15, 0.2) is 38.5 Å². The molecule has 0 saturated carbocycles. The molecule has 0 radical (unpaired) electrons. The number of fused-ring (bicyclic) bond motifs is 2. The molecule has 1 aliphatic heterocycles. The van der Waals surface area contributed by atoms with E-state index in [9.17, 15) is 9.90 Å². The summed E-state index contributed by atoms with van der Waals surface area (Å²) in [5, 5.41) is 10.2. The number of ether oxygens (including phenoxy) is 2. The van der Waals surface area contributed by atoms with E-state index in [4.69, 9.17) is 9.47 Å². The molecule has 120 valence electrons. The first-order valence-electron chi connectivity index (χ1n) is 6.74. The Kier molecular flexibility index (Phi) is 4.16. The summed E-state index contributed by atoms with van der Waals surface area (Å²) in [4.78, 5) is 15.5. The van der Waals surface area contributed by atoms with Crippen molar-refractivity contribution in [2.45, 2.75) is 16.7 Å². The van der Waals surface area contributed by atoms with E-state index < -0.39 is 0 Å². The fraction of sp³-hybridized carbons (Fsp3) is 0.188. The van der Waals surface area contributed by atoms with Gasteiger partial charge in [0.1, 0.15) is 5.75 Å². The molecule has 5 nitrogen and oxygen atoms in total. The number of halogens is 1. The predicted molar refractivity (Wildman–Crippen MR) is 92.3 cm³/mol. The van der Waals surface area contributed by atoms with Crippen molar-refractivity contribution in [1.82, 2.24) is 0 Å². The molecule has 2 aromatic carbocycles. The number of methoxy groups -OCH3 is 2. The minimum Gasteiger partial charge on any atom is -0.503 e. The number of nitrogens with zero attached hydrogens (tertiary/aromatic N) is 1. The van der Waals surface area contributed by atoms with Crippen LogP contribution in [0.25, 0.3) is 0 Å². The van der Waals surface area contributed by atoms with Gasteiger partial charge >= 0.3 is 0 Å². The SMILES string of the molecule is COc1ccc2c(c1)Sc1c(cc(OC)c(O)c1Br)N2C(C)=O. The summed E-state index contributed by atoms with van der Waals surface area (Å²) >= 11 is 4.86. The van der Waals surface area contributed by atoms with Crippen molar-refractivity contribution >= 4 is 45.0 Å². The maximum atomic E-state index is 12.2. The predicted octanol–water partition coefficient (Wildman–Crippen LogP) is 4.32. The number of anilines is 2. The molecule has 0 atom stereocenters. The molecular formula is C16H14BrNO4S. The van der Waals surface area contributed by atoms with Gasteiger partial charge in [0, 0.05) is 17.9 Å². The van der Waals surface area contributed by atoms with E-state index in [1.165, 1.54) is 25.8 Å². The van der Waals surface area contributed by atoms with Crippen LogP contribution in [-0.2, 0) is 4.79 Å². The summed E-state index contributed by atoms with van der Waals surface area (Å²) < 4.78 is 11.0. The van der Waals surface area contributed by atoms with Gasteiger partial charge in [0.15, 0.2) is 11.5 Å². The first-order valence-corrected chi connectivity index (χ1v) is 8.35. The van der Waals surface area contributed by atoms with Gasteiger partial charge in [-0.1, -0.05) is 11.8 Å². The van der Waals surface area contributed by atoms with Crippen molar-refractivity contribution < 1.29 is 19.4 Å². The first kappa shape index (κ1) is 16.0. The number of phenolic OH excluding ortho intramolecular Hbond substituents is 1. The van der Waals surface area contributed by atoms with E-state index in [1.54, 1.807) is 18.1 Å². The van der Waals surface area contributed by atoms with Crippen LogP contribution in [0.1, 0.15) is 6.92 Å². The molecule has 3 rings (SSSR count). The monoisotopic (exact) mass is 395 g/mol. The number of benzene rings is 2. The lowest BCUT2D eigenvalue weighted by Crippen LogP contribution is -2.26. The van der Waals surface area contributed by atoms with Crippen LogP contribution in [0.2, 0.25) is 0 Å². The normalized spacial score (nSPS) is 12.4. The van der Waals surface area contributed by atoms with Crippen LogP contribution in [0.4, 0.5) is 11.4 Å². The maximum Gasteiger partial charge on any atom is 0.228 e. The van der Waals surface area contributed by atoms with Gasteiger partial charge in [-0.2, -0.15) is 0 Å². The topological polar surface area (TPSA) is 59.0 Å². The third-order valence-corrected chi connectivity index (χ3v) is 5.74. The number of hydrogen-bond acceptors (Lipinski definition) is 5. The number of rotatable bonds is 2. The van der Waals surface area contributed by atoms with Crippen LogP contribution >= 0.6 is 27.7 Å². The Balaban J connectivity index is 2.27. The molecule has 1 N–H and O–H groups in total. The fourth-order valence-corrected chi connectivity index (χ4v) is 4.21. The molecule has 0 fully saturated rings. The molecule has 1 amide bonds. The largest absolute Gasteiger partial charge is 0.503 e. The number of aromatic hydroxyl groups is 1. The van der Waals surface area contributed by atoms with Gasteiger partial charge in [-0.15, -0.1) is 0 Å². The number of hydrogen-bond donors (Lipinski definition) is 1. The average molecular weight is 396 g/mol. The van der Waals surface area contributed by atoms with Gasteiger partial charge < -0.3 is 14.6 Å². The highest BCUT2D eigenvalue weighted by Crippen LogP contribution is 2.55. The third-order valence-electron chi connectivity index (χ3n) is 3.54. The molecule has 7 heteroatoms.